The predicted octanol–water partition coefficient (Wildman–Crippen LogP) is 0.00312. The third-order valence-corrected chi connectivity index (χ3v) is 3.08. The Morgan fingerprint density at radius 3 is 3.11 bits per heavy atom. The van der Waals surface area contributed by atoms with Gasteiger partial charge in [0, 0.05) is 18.7 Å². The fraction of sp³-hybridized carbons (Fsp3) is 0.667. The highest BCUT2D eigenvalue weighted by Gasteiger charge is 2.27. The lowest BCUT2D eigenvalue weighted by Gasteiger charge is -2.36. The van der Waals surface area contributed by atoms with Crippen molar-refractivity contribution in [1.29, 1.82) is 0 Å². The maximum absolute atomic E-state index is 11.9. The van der Waals surface area contributed by atoms with Crippen LogP contribution in [0.4, 0.5) is 5.88 Å². The van der Waals surface area contributed by atoms with Gasteiger partial charge >= 0.3 is 0 Å². The lowest BCUT2D eigenvalue weighted by Crippen LogP contribution is -2.51. The van der Waals surface area contributed by atoms with Crippen LogP contribution < -0.4 is 5.32 Å². The fourth-order valence-electron chi connectivity index (χ4n) is 1.99. The standard InChI is InChI=1S/C12H19N3O4/c1-8-3-12(19-14-8)13-11(17)5-15-4-10(6-16)18-7-9(15)2/h3,9-10,16H,4-7H2,1-2H3,(H,13,17). The number of carbonyl (C=O) groups excluding carboxylic acids is 1. The number of aromatic nitrogens is 1. The maximum Gasteiger partial charge on any atom is 0.240 e. The Bertz CT molecular complexity index is 434. The van der Waals surface area contributed by atoms with Gasteiger partial charge < -0.3 is 14.4 Å². The van der Waals surface area contributed by atoms with Gasteiger partial charge in [-0.2, -0.15) is 0 Å². The lowest BCUT2D eigenvalue weighted by molar-refractivity contribution is -0.123. The fourth-order valence-corrected chi connectivity index (χ4v) is 1.99. The average Bonchev–Trinajstić information content (AvgIpc) is 2.77. The zero-order valence-electron chi connectivity index (χ0n) is 11.1. The normalized spacial score (nSPS) is 24.4. The van der Waals surface area contributed by atoms with E-state index < -0.39 is 0 Å². The van der Waals surface area contributed by atoms with Gasteiger partial charge in [0.1, 0.15) is 0 Å². The van der Waals surface area contributed by atoms with Crippen LogP contribution in [0.1, 0.15) is 12.6 Å². The molecule has 2 atom stereocenters. The number of rotatable bonds is 4. The summed E-state index contributed by atoms with van der Waals surface area (Å²) in [5.74, 6) is 0.184. The molecular formula is C12H19N3O4. The average molecular weight is 269 g/mol. The molecule has 1 saturated heterocycles. The number of nitrogens with zero attached hydrogens (tertiary/aromatic N) is 2. The molecule has 7 nitrogen and oxygen atoms in total. The molecule has 0 aliphatic carbocycles. The third-order valence-electron chi connectivity index (χ3n) is 3.08. The van der Waals surface area contributed by atoms with Crippen LogP contribution in [-0.2, 0) is 9.53 Å². The topological polar surface area (TPSA) is 87.8 Å². The predicted molar refractivity (Wildman–Crippen MR) is 67.7 cm³/mol. The Kier molecular flexibility index (Phi) is 4.52. The monoisotopic (exact) mass is 269 g/mol. The van der Waals surface area contributed by atoms with Gasteiger partial charge in [0.2, 0.25) is 11.8 Å². The van der Waals surface area contributed by atoms with Gasteiger partial charge in [0.25, 0.3) is 0 Å². The SMILES string of the molecule is Cc1cc(NC(=O)CN2CC(CO)OCC2C)on1. The Balaban J connectivity index is 1.86. The Morgan fingerprint density at radius 1 is 1.68 bits per heavy atom. The summed E-state index contributed by atoms with van der Waals surface area (Å²) < 4.78 is 10.3. The molecule has 0 saturated carbocycles. The van der Waals surface area contributed by atoms with Gasteiger partial charge in [-0.1, -0.05) is 5.16 Å². The highest BCUT2D eigenvalue weighted by Crippen LogP contribution is 2.12. The van der Waals surface area contributed by atoms with E-state index in [9.17, 15) is 4.79 Å². The number of aliphatic hydroxyl groups is 1. The van der Waals surface area contributed by atoms with Gasteiger partial charge in [-0.25, -0.2) is 0 Å². The van der Waals surface area contributed by atoms with E-state index in [0.29, 0.717) is 19.0 Å². The number of morpholine rings is 1. The molecule has 1 aliphatic rings. The summed E-state index contributed by atoms with van der Waals surface area (Å²) in [5, 5.41) is 15.4. The Labute approximate surface area is 111 Å². The molecule has 1 fully saturated rings. The van der Waals surface area contributed by atoms with E-state index in [-0.39, 0.29) is 31.2 Å². The summed E-state index contributed by atoms with van der Waals surface area (Å²) in [6.45, 7) is 5.03. The zero-order chi connectivity index (χ0) is 13.8. The van der Waals surface area contributed by atoms with Gasteiger partial charge in [-0.15, -0.1) is 0 Å². The van der Waals surface area contributed by atoms with Crippen LogP contribution in [0.2, 0.25) is 0 Å². The molecule has 2 unspecified atom stereocenters. The first-order chi connectivity index (χ1) is 9.08. The van der Waals surface area contributed by atoms with Gasteiger partial charge in [0.05, 0.1) is 31.6 Å². The van der Waals surface area contributed by atoms with Crippen LogP contribution in [0.15, 0.2) is 10.6 Å². The van der Waals surface area contributed by atoms with Crippen LogP contribution in [0.5, 0.6) is 0 Å². The number of nitrogens with one attached hydrogen (secondary N) is 1. The van der Waals surface area contributed by atoms with Crippen molar-refractivity contribution in [2.75, 3.05) is 31.6 Å². The van der Waals surface area contributed by atoms with E-state index in [2.05, 4.69) is 10.5 Å². The van der Waals surface area contributed by atoms with Crippen LogP contribution in [0, 0.1) is 6.92 Å². The van der Waals surface area contributed by atoms with Crippen molar-refractivity contribution in [3.05, 3.63) is 11.8 Å². The molecule has 1 aliphatic heterocycles. The molecule has 1 amide bonds. The first kappa shape index (κ1) is 14.0. The smallest absolute Gasteiger partial charge is 0.240 e. The first-order valence-corrected chi connectivity index (χ1v) is 6.28. The van der Waals surface area contributed by atoms with Crippen molar-refractivity contribution in [2.24, 2.45) is 0 Å². The molecule has 2 N–H and O–H groups in total. The van der Waals surface area contributed by atoms with E-state index in [0.717, 1.165) is 5.69 Å². The summed E-state index contributed by atoms with van der Waals surface area (Å²) in [6.07, 6.45) is -0.225. The zero-order valence-corrected chi connectivity index (χ0v) is 11.1. The largest absolute Gasteiger partial charge is 0.394 e. The third kappa shape index (κ3) is 3.76. The van der Waals surface area contributed by atoms with E-state index in [1.54, 1.807) is 13.0 Å². The minimum atomic E-state index is -0.225. The Morgan fingerprint density at radius 2 is 2.47 bits per heavy atom. The van der Waals surface area contributed by atoms with Crippen molar-refractivity contribution in [1.82, 2.24) is 10.1 Å². The van der Waals surface area contributed by atoms with Crippen molar-refractivity contribution in [3.8, 4) is 0 Å². The second-order valence-corrected chi connectivity index (χ2v) is 4.80. The molecule has 19 heavy (non-hydrogen) atoms. The lowest BCUT2D eigenvalue weighted by atomic mass is 10.2. The molecule has 2 heterocycles. The van der Waals surface area contributed by atoms with E-state index in [4.69, 9.17) is 14.4 Å². The summed E-state index contributed by atoms with van der Waals surface area (Å²) >= 11 is 0. The number of amides is 1. The molecule has 0 radical (unpaired) electrons. The second-order valence-electron chi connectivity index (χ2n) is 4.80. The first-order valence-electron chi connectivity index (χ1n) is 6.28. The minimum Gasteiger partial charge on any atom is -0.394 e. The van der Waals surface area contributed by atoms with Crippen LogP contribution in [-0.4, -0.2) is 59.5 Å². The van der Waals surface area contributed by atoms with Crippen molar-refractivity contribution >= 4 is 11.8 Å². The van der Waals surface area contributed by atoms with Gasteiger partial charge in [-0.3, -0.25) is 15.0 Å². The minimum absolute atomic E-state index is 0.0356. The molecule has 0 bridgehead atoms. The summed E-state index contributed by atoms with van der Waals surface area (Å²) in [5.41, 5.74) is 0.718. The molecule has 106 valence electrons. The Hall–Kier alpha value is -1.44. The number of ether oxygens (including phenoxy) is 1. The van der Waals surface area contributed by atoms with E-state index >= 15 is 0 Å². The van der Waals surface area contributed by atoms with Crippen molar-refractivity contribution in [2.45, 2.75) is 26.0 Å². The quantitative estimate of drug-likeness (QED) is 0.800. The van der Waals surface area contributed by atoms with E-state index in [1.807, 2.05) is 11.8 Å². The van der Waals surface area contributed by atoms with Crippen LogP contribution in [0.25, 0.3) is 0 Å². The number of aliphatic hydroxyl groups excluding tert-OH is 1. The number of carbonyl (C=O) groups is 1. The molecular weight excluding hydrogens is 250 g/mol. The summed E-state index contributed by atoms with van der Waals surface area (Å²) in [7, 11) is 0. The molecule has 1 aromatic heterocycles. The molecule has 2 rings (SSSR count). The van der Waals surface area contributed by atoms with Crippen molar-refractivity contribution in [3.63, 3.8) is 0 Å². The number of hydrogen-bond donors (Lipinski definition) is 2. The summed E-state index contributed by atoms with van der Waals surface area (Å²) in [4.78, 5) is 13.9. The highest BCUT2D eigenvalue weighted by molar-refractivity contribution is 5.91. The molecule has 1 aromatic rings. The van der Waals surface area contributed by atoms with Gasteiger partial charge in [0.15, 0.2) is 0 Å². The maximum atomic E-state index is 11.9. The molecule has 0 spiro atoms. The van der Waals surface area contributed by atoms with Gasteiger partial charge in [-0.05, 0) is 13.8 Å². The number of hydrogen-bond acceptors (Lipinski definition) is 6. The number of anilines is 1. The highest BCUT2D eigenvalue weighted by atomic mass is 16.5. The van der Waals surface area contributed by atoms with Crippen LogP contribution >= 0.6 is 0 Å². The molecule has 7 heteroatoms. The van der Waals surface area contributed by atoms with E-state index in [1.165, 1.54) is 0 Å². The summed E-state index contributed by atoms with van der Waals surface area (Å²) in [6, 6.07) is 1.81. The molecule has 0 aromatic carbocycles. The van der Waals surface area contributed by atoms with Crippen molar-refractivity contribution < 1.29 is 19.2 Å². The second kappa shape index (κ2) is 6.14. The number of aryl methyl sites for hydroxylation is 1. The van der Waals surface area contributed by atoms with Crippen LogP contribution in [0.3, 0.4) is 0 Å².